The van der Waals surface area contributed by atoms with Crippen LogP contribution >= 0.6 is 11.3 Å². The lowest BCUT2D eigenvalue weighted by atomic mass is 10.2. The molecule has 1 aliphatic rings. The van der Waals surface area contributed by atoms with Crippen LogP contribution in [-0.4, -0.2) is 42.2 Å². The Balaban J connectivity index is 1.48. The zero-order chi connectivity index (χ0) is 18.6. The van der Waals surface area contributed by atoms with Crippen molar-refractivity contribution in [3.05, 3.63) is 53.6 Å². The molecule has 4 rings (SSSR count). The minimum absolute atomic E-state index is 0.216. The molecular weight excluding hydrogens is 364 g/mol. The van der Waals surface area contributed by atoms with Gasteiger partial charge in [0.2, 0.25) is 0 Å². The zero-order valence-corrected chi connectivity index (χ0v) is 15.7. The van der Waals surface area contributed by atoms with Crippen molar-refractivity contribution in [2.24, 2.45) is 0 Å². The average Bonchev–Trinajstić information content (AvgIpc) is 3.41. The van der Waals surface area contributed by atoms with Crippen LogP contribution in [0, 0.1) is 0 Å². The third-order valence-electron chi connectivity index (χ3n) is 4.38. The second-order valence-corrected chi connectivity index (χ2v) is 7.11. The molecule has 27 heavy (non-hydrogen) atoms. The van der Waals surface area contributed by atoms with Crippen LogP contribution in [0.25, 0.3) is 10.6 Å². The molecule has 3 aromatic rings. The van der Waals surface area contributed by atoms with Crippen LogP contribution in [0.15, 0.2) is 46.5 Å². The van der Waals surface area contributed by atoms with Crippen molar-refractivity contribution in [3.8, 4) is 10.6 Å². The lowest BCUT2D eigenvalue weighted by molar-refractivity contribution is 0.0931. The maximum Gasteiger partial charge on any atom is 0.271 e. The predicted molar refractivity (Wildman–Crippen MR) is 103 cm³/mol. The smallest absolute Gasteiger partial charge is 0.271 e. The maximum atomic E-state index is 12.5. The molecule has 1 amide bonds. The summed E-state index contributed by atoms with van der Waals surface area (Å²) in [6.07, 6.45) is 3.37. The first-order valence-electron chi connectivity index (χ1n) is 8.79. The van der Waals surface area contributed by atoms with Gasteiger partial charge in [0, 0.05) is 30.2 Å². The number of pyridine rings is 1. The summed E-state index contributed by atoms with van der Waals surface area (Å²) < 4.78 is 10.7. The van der Waals surface area contributed by atoms with Crippen LogP contribution < -0.4 is 10.2 Å². The highest BCUT2D eigenvalue weighted by Gasteiger charge is 2.18. The average molecular weight is 384 g/mol. The monoisotopic (exact) mass is 384 g/mol. The van der Waals surface area contributed by atoms with E-state index in [4.69, 9.17) is 9.15 Å². The lowest BCUT2D eigenvalue weighted by Gasteiger charge is -2.27. The van der Waals surface area contributed by atoms with Crippen LogP contribution in [0.3, 0.4) is 0 Å². The number of hydrogen-bond donors (Lipinski definition) is 1. The summed E-state index contributed by atoms with van der Waals surface area (Å²) >= 11 is 1.44. The first-order chi connectivity index (χ1) is 13.2. The molecular formula is C19H20N4O3S. The van der Waals surface area contributed by atoms with Gasteiger partial charge in [-0.15, -0.1) is 11.3 Å². The van der Waals surface area contributed by atoms with E-state index >= 15 is 0 Å². The van der Waals surface area contributed by atoms with Gasteiger partial charge in [0.15, 0.2) is 0 Å². The summed E-state index contributed by atoms with van der Waals surface area (Å²) in [6, 6.07) is 7.34. The number of hydrogen-bond acceptors (Lipinski definition) is 7. The summed E-state index contributed by atoms with van der Waals surface area (Å²) in [7, 11) is 0. The largest absolute Gasteiger partial charge is 0.467 e. The molecule has 1 fully saturated rings. The molecule has 0 saturated carbocycles. The second-order valence-electron chi connectivity index (χ2n) is 6.25. The molecule has 1 unspecified atom stereocenters. The number of ether oxygens (including phenoxy) is 1. The minimum Gasteiger partial charge on any atom is -0.467 e. The molecule has 0 spiro atoms. The second kappa shape index (κ2) is 7.89. The van der Waals surface area contributed by atoms with Gasteiger partial charge in [0.1, 0.15) is 22.3 Å². The molecule has 4 heterocycles. The Kier molecular flexibility index (Phi) is 5.17. The first kappa shape index (κ1) is 17.7. The number of anilines is 1. The molecule has 8 heteroatoms. The van der Waals surface area contributed by atoms with E-state index in [1.807, 2.05) is 25.1 Å². The topological polar surface area (TPSA) is 80.5 Å². The SMILES string of the molecule is CC(NC(=O)c1csc(-c2ccnc(N3CCOCC3)c2)n1)c1ccco1. The number of aromatic nitrogens is 2. The maximum absolute atomic E-state index is 12.5. The van der Waals surface area contributed by atoms with Gasteiger partial charge in [-0.2, -0.15) is 0 Å². The summed E-state index contributed by atoms with van der Waals surface area (Å²) in [5.74, 6) is 1.40. The normalized spacial score (nSPS) is 15.5. The summed E-state index contributed by atoms with van der Waals surface area (Å²) in [5, 5.41) is 5.47. The van der Waals surface area contributed by atoms with Crippen LogP contribution in [0.4, 0.5) is 5.82 Å². The summed E-state index contributed by atoms with van der Waals surface area (Å²) in [6.45, 7) is 4.95. The number of thiazole rings is 1. The fourth-order valence-electron chi connectivity index (χ4n) is 2.91. The van der Waals surface area contributed by atoms with Gasteiger partial charge in [-0.3, -0.25) is 4.79 Å². The number of carbonyl (C=O) groups is 1. The standard InChI is InChI=1S/C19H20N4O3S/c1-13(16-3-2-8-26-16)21-18(24)15-12-27-19(22-15)14-4-5-20-17(11-14)23-6-9-25-10-7-23/h2-5,8,11-13H,6-7,9-10H2,1H3,(H,21,24). The van der Waals surface area contributed by atoms with Crippen molar-refractivity contribution in [2.45, 2.75) is 13.0 Å². The van der Waals surface area contributed by atoms with Gasteiger partial charge < -0.3 is 19.4 Å². The van der Waals surface area contributed by atoms with E-state index in [0.717, 1.165) is 29.5 Å². The molecule has 1 aliphatic heterocycles. The minimum atomic E-state index is -0.219. The Bertz CT molecular complexity index is 903. The van der Waals surface area contributed by atoms with E-state index in [0.29, 0.717) is 24.7 Å². The third kappa shape index (κ3) is 4.01. The van der Waals surface area contributed by atoms with E-state index in [2.05, 4.69) is 20.2 Å². The Morgan fingerprint density at radius 2 is 2.19 bits per heavy atom. The van der Waals surface area contributed by atoms with Crippen molar-refractivity contribution in [2.75, 3.05) is 31.2 Å². The summed E-state index contributed by atoms with van der Waals surface area (Å²) in [5.41, 5.74) is 1.35. The van der Waals surface area contributed by atoms with Gasteiger partial charge in [0.05, 0.1) is 25.5 Å². The highest BCUT2D eigenvalue weighted by molar-refractivity contribution is 7.13. The quantitative estimate of drug-likeness (QED) is 0.728. The number of morpholine rings is 1. The highest BCUT2D eigenvalue weighted by Crippen LogP contribution is 2.27. The number of carbonyl (C=O) groups excluding carboxylic acids is 1. The van der Waals surface area contributed by atoms with Gasteiger partial charge in [-0.05, 0) is 31.2 Å². The molecule has 0 bridgehead atoms. The molecule has 140 valence electrons. The van der Waals surface area contributed by atoms with Crippen molar-refractivity contribution < 1.29 is 13.9 Å². The predicted octanol–water partition coefficient (Wildman–Crippen LogP) is 3.13. The Morgan fingerprint density at radius 3 is 2.96 bits per heavy atom. The number of furan rings is 1. The Labute approximate surface area is 161 Å². The number of rotatable bonds is 5. The van der Waals surface area contributed by atoms with Crippen LogP contribution in [0.5, 0.6) is 0 Å². The molecule has 0 radical (unpaired) electrons. The zero-order valence-electron chi connectivity index (χ0n) is 14.9. The van der Waals surface area contributed by atoms with Crippen LogP contribution in [0.1, 0.15) is 29.2 Å². The Hall–Kier alpha value is -2.71. The molecule has 3 aromatic heterocycles. The Morgan fingerprint density at radius 1 is 1.33 bits per heavy atom. The highest BCUT2D eigenvalue weighted by atomic mass is 32.1. The van der Waals surface area contributed by atoms with E-state index in [-0.39, 0.29) is 11.9 Å². The van der Waals surface area contributed by atoms with E-state index in [9.17, 15) is 4.79 Å². The van der Waals surface area contributed by atoms with Crippen molar-refractivity contribution in [1.82, 2.24) is 15.3 Å². The van der Waals surface area contributed by atoms with Gasteiger partial charge in [0.25, 0.3) is 5.91 Å². The lowest BCUT2D eigenvalue weighted by Crippen LogP contribution is -2.36. The van der Waals surface area contributed by atoms with Crippen molar-refractivity contribution in [3.63, 3.8) is 0 Å². The number of nitrogens with one attached hydrogen (secondary N) is 1. The number of nitrogens with zero attached hydrogens (tertiary/aromatic N) is 3. The van der Waals surface area contributed by atoms with E-state index in [1.54, 1.807) is 23.9 Å². The summed E-state index contributed by atoms with van der Waals surface area (Å²) in [4.78, 5) is 23.6. The van der Waals surface area contributed by atoms with Gasteiger partial charge in [-0.1, -0.05) is 0 Å². The first-order valence-corrected chi connectivity index (χ1v) is 9.67. The van der Waals surface area contributed by atoms with E-state index in [1.165, 1.54) is 11.3 Å². The molecule has 0 aromatic carbocycles. The van der Waals surface area contributed by atoms with E-state index < -0.39 is 0 Å². The van der Waals surface area contributed by atoms with Gasteiger partial charge >= 0.3 is 0 Å². The molecule has 1 saturated heterocycles. The fourth-order valence-corrected chi connectivity index (χ4v) is 3.70. The van der Waals surface area contributed by atoms with Crippen LogP contribution in [-0.2, 0) is 4.74 Å². The molecule has 7 nitrogen and oxygen atoms in total. The molecule has 1 atom stereocenters. The molecule has 1 N–H and O–H groups in total. The van der Waals surface area contributed by atoms with Crippen LogP contribution in [0.2, 0.25) is 0 Å². The van der Waals surface area contributed by atoms with Crippen molar-refractivity contribution >= 4 is 23.1 Å². The molecule has 0 aliphatic carbocycles. The fraction of sp³-hybridized carbons (Fsp3) is 0.316. The number of amides is 1. The van der Waals surface area contributed by atoms with Gasteiger partial charge in [-0.25, -0.2) is 9.97 Å². The van der Waals surface area contributed by atoms with Crippen molar-refractivity contribution in [1.29, 1.82) is 0 Å². The third-order valence-corrected chi connectivity index (χ3v) is 5.27.